The fourth-order valence-corrected chi connectivity index (χ4v) is 1.49. The van der Waals surface area contributed by atoms with Gasteiger partial charge in [0.15, 0.2) is 0 Å². The van der Waals surface area contributed by atoms with Crippen LogP contribution in [0.2, 0.25) is 0 Å². The Labute approximate surface area is 97.5 Å². The molecule has 0 saturated carbocycles. The van der Waals surface area contributed by atoms with Crippen LogP contribution in [0.25, 0.3) is 11.0 Å². The average molecular weight is 235 g/mol. The lowest BCUT2D eigenvalue weighted by Gasteiger charge is -2.18. The van der Waals surface area contributed by atoms with Crippen molar-refractivity contribution in [3.05, 3.63) is 12.4 Å². The largest absolute Gasteiger partial charge is 0.481 e. The molecule has 0 bridgehead atoms. The van der Waals surface area contributed by atoms with Gasteiger partial charge in [-0.15, -0.1) is 0 Å². The summed E-state index contributed by atoms with van der Waals surface area (Å²) in [5.74, 6) is -0.808. The zero-order valence-electron chi connectivity index (χ0n) is 9.58. The maximum atomic E-state index is 10.8. The van der Waals surface area contributed by atoms with Gasteiger partial charge in [-0.2, -0.15) is 5.10 Å². The lowest BCUT2D eigenvalue weighted by Crippen LogP contribution is -2.29. The second-order valence-electron chi connectivity index (χ2n) is 3.96. The molecule has 0 fully saturated rings. The first-order valence-electron chi connectivity index (χ1n) is 5.18. The van der Waals surface area contributed by atoms with Gasteiger partial charge in [-0.05, 0) is 0 Å². The minimum Gasteiger partial charge on any atom is -0.481 e. The van der Waals surface area contributed by atoms with Crippen molar-refractivity contribution in [2.24, 2.45) is 5.92 Å². The van der Waals surface area contributed by atoms with Crippen LogP contribution in [0.5, 0.6) is 0 Å². The van der Waals surface area contributed by atoms with Gasteiger partial charge in [0.1, 0.15) is 11.0 Å². The number of rotatable bonds is 4. The molecule has 0 aliphatic carbocycles. The number of carboxylic acid groups (broad SMARTS) is 1. The topological polar surface area (TPSA) is 95.0 Å². The molecule has 1 unspecified atom stereocenters. The molecule has 0 aliphatic heterocycles. The summed E-state index contributed by atoms with van der Waals surface area (Å²) in [7, 11) is 1.76. The molecular weight excluding hydrogens is 222 g/mol. The van der Waals surface area contributed by atoms with E-state index in [2.05, 4.69) is 20.2 Å². The van der Waals surface area contributed by atoms with Crippen LogP contribution in [-0.4, -0.2) is 44.8 Å². The van der Waals surface area contributed by atoms with Gasteiger partial charge in [0, 0.05) is 13.6 Å². The van der Waals surface area contributed by atoms with E-state index in [1.54, 1.807) is 31.3 Å². The fraction of sp³-hybridized carbons (Fsp3) is 0.400. The van der Waals surface area contributed by atoms with E-state index in [0.717, 1.165) is 5.52 Å². The molecule has 2 aromatic rings. The van der Waals surface area contributed by atoms with Crippen molar-refractivity contribution >= 4 is 23.0 Å². The standard InChI is InChI=1S/C10H13N5O2/c1-6(9(16)17)5-15(2)10-11-3-8-7(13-10)4-12-14-8/h3-4,6H,5H2,1-2H3,(H,12,14)(H,16,17). The number of H-pyrrole nitrogens is 1. The first-order chi connectivity index (χ1) is 8.08. The van der Waals surface area contributed by atoms with E-state index in [1.807, 2.05) is 0 Å². The highest BCUT2D eigenvalue weighted by atomic mass is 16.4. The molecule has 0 saturated heterocycles. The Morgan fingerprint density at radius 2 is 2.35 bits per heavy atom. The zero-order valence-corrected chi connectivity index (χ0v) is 9.58. The van der Waals surface area contributed by atoms with E-state index < -0.39 is 11.9 Å². The molecule has 0 aliphatic rings. The summed E-state index contributed by atoms with van der Waals surface area (Å²) in [4.78, 5) is 20.9. The predicted octanol–water partition coefficient (Wildman–Crippen LogP) is 0.510. The lowest BCUT2D eigenvalue weighted by atomic mass is 10.2. The van der Waals surface area contributed by atoms with Gasteiger partial charge >= 0.3 is 5.97 Å². The number of aliphatic carboxylic acids is 1. The first-order valence-corrected chi connectivity index (χ1v) is 5.18. The van der Waals surface area contributed by atoms with Crippen LogP contribution >= 0.6 is 0 Å². The number of anilines is 1. The van der Waals surface area contributed by atoms with E-state index in [-0.39, 0.29) is 0 Å². The summed E-state index contributed by atoms with van der Waals surface area (Å²) in [6.45, 7) is 2.01. The van der Waals surface area contributed by atoms with Crippen molar-refractivity contribution in [1.29, 1.82) is 0 Å². The van der Waals surface area contributed by atoms with Gasteiger partial charge in [0.25, 0.3) is 0 Å². The molecule has 7 nitrogen and oxygen atoms in total. The van der Waals surface area contributed by atoms with Crippen LogP contribution in [0, 0.1) is 5.92 Å². The van der Waals surface area contributed by atoms with E-state index in [1.165, 1.54) is 0 Å². The summed E-state index contributed by atoms with van der Waals surface area (Å²) in [5, 5.41) is 15.4. The van der Waals surface area contributed by atoms with E-state index in [0.29, 0.717) is 18.0 Å². The Hall–Kier alpha value is -2.18. The Kier molecular flexibility index (Phi) is 2.90. The van der Waals surface area contributed by atoms with Crippen LogP contribution in [0.3, 0.4) is 0 Å². The molecule has 90 valence electrons. The van der Waals surface area contributed by atoms with Crippen LogP contribution in [-0.2, 0) is 4.79 Å². The summed E-state index contributed by atoms with van der Waals surface area (Å²) in [5.41, 5.74) is 1.47. The first kappa shape index (κ1) is 11.3. The number of fused-ring (bicyclic) bond motifs is 1. The van der Waals surface area contributed by atoms with E-state index in [4.69, 9.17) is 5.11 Å². The Morgan fingerprint density at radius 1 is 1.59 bits per heavy atom. The number of carboxylic acids is 1. The van der Waals surface area contributed by atoms with Crippen LogP contribution < -0.4 is 4.90 Å². The molecule has 0 amide bonds. The molecule has 0 aromatic carbocycles. The van der Waals surface area contributed by atoms with E-state index >= 15 is 0 Å². The van der Waals surface area contributed by atoms with Gasteiger partial charge < -0.3 is 10.0 Å². The Balaban J connectivity index is 2.18. The van der Waals surface area contributed by atoms with Gasteiger partial charge in [-0.1, -0.05) is 6.92 Å². The molecule has 0 spiro atoms. The summed E-state index contributed by atoms with van der Waals surface area (Å²) in [6.07, 6.45) is 3.24. The molecule has 2 heterocycles. The number of nitrogens with zero attached hydrogens (tertiary/aromatic N) is 4. The third-order valence-corrected chi connectivity index (χ3v) is 2.49. The van der Waals surface area contributed by atoms with Crippen molar-refractivity contribution in [2.75, 3.05) is 18.5 Å². The number of nitrogens with one attached hydrogen (secondary N) is 1. The third-order valence-electron chi connectivity index (χ3n) is 2.49. The highest BCUT2D eigenvalue weighted by Crippen LogP contribution is 2.12. The van der Waals surface area contributed by atoms with Gasteiger partial charge in [-0.3, -0.25) is 9.89 Å². The second kappa shape index (κ2) is 4.36. The molecule has 2 aromatic heterocycles. The van der Waals surface area contributed by atoms with Crippen LogP contribution in [0.4, 0.5) is 5.95 Å². The number of aromatic amines is 1. The van der Waals surface area contributed by atoms with Crippen molar-refractivity contribution in [3.63, 3.8) is 0 Å². The summed E-state index contributed by atoms with van der Waals surface area (Å²) >= 11 is 0. The van der Waals surface area contributed by atoms with Crippen molar-refractivity contribution < 1.29 is 9.90 Å². The second-order valence-corrected chi connectivity index (χ2v) is 3.96. The Morgan fingerprint density at radius 3 is 3.06 bits per heavy atom. The summed E-state index contributed by atoms with van der Waals surface area (Å²) < 4.78 is 0. The normalized spacial score (nSPS) is 12.6. The maximum absolute atomic E-state index is 10.8. The third kappa shape index (κ3) is 2.32. The van der Waals surface area contributed by atoms with Gasteiger partial charge in [0.2, 0.25) is 5.95 Å². The monoisotopic (exact) mass is 235 g/mol. The fourth-order valence-electron chi connectivity index (χ4n) is 1.49. The summed E-state index contributed by atoms with van der Waals surface area (Å²) in [6, 6.07) is 0. The quantitative estimate of drug-likeness (QED) is 0.801. The molecule has 1 atom stereocenters. The van der Waals surface area contributed by atoms with Gasteiger partial charge in [0.05, 0.1) is 18.3 Å². The molecule has 2 N–H and O–H groups in total. The maximum Gasteiger partial charge on any atom is 0.308 e. The molecular formula is C10H13N5O2. The predicted molar refractivity (Wildman–Crippen MR) is 61.8 cm³/mol. The molecule has 0 radical (unpaired) electrons. The van der Waals surface area contributed by atoms with Crippen molar-refractivity contribution in [3.8, 4) is 0 Å². The number of hydrogen-bond donors (Lipinski definition) is 2. The van der Waals surface area contributed by atoms with Crippen LogP contribution in [0.15, 0.2) is 12.4 Å². The molecule has 2 rings (SSSR count). The zero-order chi connectivity index (χ0) is 12.4. The van der Waals surface area contributed by atoms with E-state index in [9.17, 15) is 4.79 Å². The highest BCUT2D eigenvalue weighted by molar-refractivity contribution is 5.73. The highest BCUT2D eigenvalue weighted by Gasteiger charge is 2.15. The van der Waals surface area contributed by atoms with Gasteiger partial charge in [-0.25, -0.2) is 9.97 Å². The molecule has 7 heteroatoms. The Bertz CT molecular complexity index is 538. The minimum absolute atomic E-state index is 0.360. The van der Waals surface area contributed by atoms with Crippen molar-refractivity contribution in [1.82, 2.24) is 20.2 Å². The number of hydrogen-bond acceptors (Lipinski definition) is 5. The number of aromatic nitrogens is 4. The minimum atomic E-state index is -0.832. The number of carbonyl (C=O) groups is 1. The smallest absolute Gasteiger partial charge is 0.308 e. The average Bonchev–Trinajstić information content (AvgIpc) is 2.75. The lowest BCUT2D eigenvalue weighted by molar-refractivity contribution is -0.140. The van der Waals surface area contributed by atoms with Crippen LogP contribution in [0.1, 0.15) is 6.92 Å². The van der Waals surface area contributed by atoms with Crippen molar-refractivity contribution in [2.45, 2.75) is 6.92 Å². The molecule has 17 heavy (non-hydrogen) atoms. The SMILES string of the molecule is CC(CN(C)c1ncc2[nH]ncc2n1)C(=O)O.